The molecule has 0 radical (unpaired) electrons. The van der Waals surface area contributed by atoms with Crippen molar-refractivity contribution in [2.24, 2.45) is 0 Å². The Hall–Kier alpha value is -1.91. The summed E-state index contributed by atoms with van der Waals surface area (Å²) in [6, 6.07) is 1.73. The van der Waals surface area contributed by atoms with Gasteiger partial charge in [-0.3, -0.25) is 9.89 Å². The predicted molar refractivity (Wildman–Crippen MR) is 63.2 cm³/mol. The molecule has 0 fully saturated rings. The standard InChI is InChI=1S/C12H14N4O/c17-12-9-4-2-1-3-5-10(9)15-16(12)11-6-7-13-8-14-11/h6-8,15H,1-5H2. The predicted octanol–water partition coefficient (Wildman–Crippen LogP) is 1.22. The van der Waals surface area contributed by atoms with Crippen molar-refractivity contribution in [1.82, 2.24) is 19.7 Å². The molecule has 2 aromatic rings. The molecule has 17 heavy (non-hydrogen) atoms. The molecule has 0 aromatic carbocycles. The van der Waals surface area contributed by atoms with Gasteiger partial charge in [0.05, 0.1) is 0 Å². The molecule has 5 nitrogen and oxygen atoms in total. The molecule has 0 aliphatic heterocycles. The molecule has 2 aromatic heterocycles. The summed E-state index contributed by atoms with van der Waals surface area (Å²) in [5.41, 5.74) is 2.05. The first-order valence-corrected chi connectivity index (χ1v) is 5.95. The minimum Gasteiger partial charge on any atom is -0.293 e. The van der Waals surface area contributed by atoms with E-state index in [0.717, 1.165) is 36.9 Å². The van der Waals surface area contributed by atoms with Gasteiger partial charge in [-0.25, -0.2) is 14.6 Å². The summed E-state index contributed by atoms with van der Waals surface area (Å²) in [7, 11) is 0. The molecule has 1 aliphatic carbocycles. The number of aryl methyl sites for hydroxylation is 1. The van der Waals surface area contributed by atoms with Crippen LogP contribution in [0.2, 0.25) is 0 Å². The lowest BCUT2D eigenvalue weighted by Gasteiger charge is -1.99. The zero-order valence-electron chi connectivity index (χ0n) is 9.52. The molecule has 0 bridgehead atoms. The summed E-state index contributed by atoms with van der Waals surface area (Å²) in [4.78, 5) is 20.2. The van der Waals surface area contributed by atoms with Gasteiger partial charge in [0.25, 0.3) is 5.56 Å². The fourth-order valence-corrected chi connectivity index (χ4v) is 2.34. The van der Waals surface area contributed by atoms with Crippen molar-refractivity contribution < 1.29 is 0 Å². The third kappa shape index (κ3) is 1.77. The molecule has 0 amide bonds. The maximum absolute atomic E-state index is 12.2. The van der Waals surface area contributed by atoms with E-state index in [4.69, 9.17) is 0 Å². The fourth-order valence-electron chi connectivity index (χ4n) is 2.34. The lowest BCUT2D eigenvalue weighted by molar-refractivity contribution is 0.686. The van der Waals surface area contributed by atoms with Gasteiger partial charge in [-0.05, 0) is 25.7 Å². The Labute approximate surface area is 98.5 Å². The number of fused-ring (bicyclic) bond motifs is 1. The normalized spacial score (nSPS) is 15.3. The number of hydrogen-bond donors (Lipinski definition) is 1. The smallest absolute Gasteiger partial charge is 0.276 e. The maximum atomic E-state index is 12.2. The van der Waals surface area contributed by atoms with E-state index in [9.17, 15) is 4.79 Å². The largest absolute Gasteiger partial charge is 0.293 e. The molecule has 0 atom stereocenters. The Morgan fingerprint density at radius 1 is 1.24 bits per heavy atom. The average molecular weight is 230 g/mol. The molecule has 5 heteroatoms. The van der Waals surface area contributed by atoms with Crippen LogP contribution in [0.5, 0.6) is 0 Å². The molecule has 1 N–H and O–H groups in total. The van der Waals surface area contributed by atoms with Crippen molar-refractivity contribution in [3.63, 3.8) is 0 Å². The highest BCUT2D eigenvalue weighted by Gasteiger charge is 2.17. The van der Waals surface area contributed by atoms with Crippen LogP contribution in [0.1, 0.15) is 30.5 Å². The first-order chi connectivity index (χ1) is 8.36. The second kappa shape index (κ2) is 4.16. The highest BCUT2D eigenvalue weighted by molar-refractivity contribution is 5.26. The number of aromatic nitrogens is 4. The van der Waals surface area contributed by atoms with Crippen LogP contribution in [0.4, 0.5) is 0 Å². The van der Waals surface area contributed by atoms with Crippen molar-refractivity contribution >= 4 is 0 Å². The summed E-state index contributed by atoms with van der Waals surface area (Å²) < 4.78 is 1.53. The number of rotatable bonds is 1. The second-order valence-corrected chi connectivity index (χ2v) is 4.34. The van der Waals surface area contributed by atoms with Crippen LogP contribution in [-0.2, 0) is 12.8 Å². The molecule has 0 unspecified atom stereocenters. The molecule has 0 spiro atoms. The van der Waals surface area contributed by atoms with Gasteiger partial charge in [0.15, 0.2) is 5.82 Å². The number of nitrogens with one attached hydrogen (secondary N) is 1. The van der Waals surface area contributed by atoms with Gasteiger partial charge in [-0.1, -0.05) is 6.42 Å². The van der Waals surface area contributed by atoms with E-state index in [-0.39, 0.29) is 5.56 Å². The van der Waals surface area contributed by atoms with E-state index in [1.54, 1.807) is 12.3 Å². The van der Waals surface area contributed by atoms with Crippen LogP contribution in [0.3, 0.4) is 0 Å². The van der Waals surface area contributed by atoms with Gasteiger partial charge >= 0.3 is 0 Å². The lowest BCUT2D eigenvalue weighted by atomic mass is 10.1. The fraction of sp³-hybridized carbons (Fsp3) is 0.417. The third-order valence-corrected chi connectivity index (χ3v) is 3.22. The zero-order chi connectivity index (χ0) is 11.7. The average Bonchev–Trinajstić information content (AvgIpc) is 2.56. The Kier molecular flexibility index (Phi) is 2.51. The van der Waals surface area contributed by atoms with Crippen LogP contribution in [-0.4, -0.2) is 19.7 Å². The number of hydrogen-bond acceptors (Lipinski definition) is 3. The van der Waals surface area contributed by atoms with Gasteiger partial charge in [0.2, 0.25) is 0 Å². The van der Waals surface area contributed by atoms with E-state index in [0.29, 0.717) is 5.82 Å². The van der Waals surface area contributed by atoms with Crippen LogP contribution in [0, 0.1) is 0 Å². The Balaban J connectivity index is 2.11. The summed E-state index contributed by atoms with van der Waals surface area (Å²) in [6.45, 7) is 0. The van der Waals surface area contributed by atoms with Gasteiger partial charge < -0.3 is 0 Å². The molecule has 1 aliphatic rings. The third-order valence-electron chi connectivity index (χ3n) is 3.22. The van der Waals surface area contributed by atoms with Gasteiger partial charge in [-0.15, -0.1) is 0 Å². The maximum Gasteiger partial charge on any atom is 0.276 e. The van der Waals surface area contributed by atoms with Crippen molar-refractivity contribution in [2.75, 3.05) is 0 Å². The minimum absolute atomic E-state index is 0.0422. The number of nitrogens with zero attached hydrogens (tertiary/aromatic N) is 3. The van der Waals surface area contributed by atoms with Crippen LogP contribution < -0.4 is 5.56 Å². The number of aromatic amines is 1. The van der Waals surface area contributed by atoms with Crippen LogP contribution >= 0.6 is 0 Å². The highest BCUT2D eigenvalue weighted by atomic mass is 16.1. The monoisotopic (exact) mass is 230 g/mol. The topological polar surface area (TPSA) is 63.6 Å². The van der Waals surface area contributed by atoms with Crippen molar-refractivity contribution in [3.05, 3.63) is 40.2 Å². The Bertz CT molecular complexity index is 570. The molecule has 0 saturated carbocycles. The first kappa shape index (κ1) is 10.3. The zero-order valence-corrected chi connectivity index (χ0v) is 9.52. The van der Waals surface area contributed by atoms with Gasteiger partial charge in [0.1, 0.15) is 6.33 Å². The van der Waals surface area contributed by atoms with Crippen molar-refractivity contribution in [3.8, 4) is 5.82 Å². The lowest BCUT2D eigenvalue weighted by Crippen LogP contribution is -2.18. The minimum atomic E-state index is 0.0422. The SMILES string of the molecule is O=c1c2c([nH]n1-c1ccncn1)CCCCC2. The highest BCUT2D eigenvalue weighted by Crippen LogP contribution is 2.16. The van der Waals surface area contributed by atoms with Gasteiger partial charge in [0, 0.05) is 23.5 Å². The van der Waals surface area contributed by atoms with E-state index >= 15 is 0 Å². The summed E-state index contributed by atoms with van der Waals surface area (Å²) in [6.07, 6.45) is 8.39. The van der Waals surface area contributed by atoms with E-state index in [2.05, 4.69) is 15.1 Å². The molecular formula is C12H14N4O. The molecular weight excluding hydrogens is 216 g/mol. The summed E-state index contributed by atoms with van der Waals surface area (Å²) in [5, 5.41) is 3.17. The summed E-state index contributed by atoms with van der Waals surface area (Å²) in [5.74, 6) is 0.609. The second-order valence-electron chi connectivity index (χ2n) is 4.34. The van der Waals surface area contributed by atoms with E-state index < -0.39 is 0 Å². The molecule has 2 heterocycles. The van der Waals surface area contributed by atoms with E-state index in [1.165, 1.54) is 17.4 Å². The molecule has 0 saturated heterocycles. The Morgan fingerprint density at radius 2 is 2.12 bits per heavy atom. The first-order valence-electron chi connectivity index (χ1n) is 5.95. The van der Waals surface area contributed by atoms with Crippen molar-refractivity contribution in [1.29, 1.82) is 0 Å². The Morgan fingerprint density at radius 3 is 2.94 bits per heavy atom. The summed E-state index contributed by atoms with van der Waals surface area (Å²) >= 11 is 0. The molecule has 3 rings (SSSR count). The number of H-pyrrole nitrogens is 1. The van der Waals surface area contributed by atoms with Crippen LogP contribution in [0.25, 0.3) is 5.82 Å². The van der Waals surface area contributed by atoms with Gasteiger partial charge in [-0.2, -0.15) is 0 Å². The van der Waals surface area contributed by atoms with Crippen LogP contribution in [0.15, 0.2) is 23.4 Å². The van der Waals surface area contributed by atoms with Crippen molar-refractivity contribution in [2.45, 2.75) is 32.1 Å². The quantitative estimate of drug-likeness (QED) is 0.749. The molecule has 88 valence electrons. The van der Waals surface area contributed by atoms with E-state index in [1.807, 2.05) is 0 Å².